The summed E-state index contributed by atoms with van der Waals surface area (Å²) in [5.41, 5.74) is 1.14. The van der Waals surface area contributed by atoms with Crippen molar-refractivity contribution in [3.05, 3.63) is 24.0 Å². The van der Waals surface area contributed by atoms with Gasteiger partial charge < -0.3 is 10.2 Å². The number of benzene rings is 1. The average molecular weight is 299 g/mol. The Kier molecular flexibility index (Phi) is 5.65. The van der Waals surface area contributed by atoms with Crippen molar-refractivity contribution in [2.45, 2.75) is 32.1 Å². The highest BCUT2D eigenvalue weighted by Crippen LogP contribution is 2.26. The first-order valence-electron chi connectivity index (χ1n) is 7.11. The van der Waals surface area contributed by atoms with E-state index in [-0.39, 0.29) is 11.7 Å². The number of carbonyl (C=O) groups excluding carboxylic acids is 1. The van der Waals surface area contributed by atoms with E-state index in [1.165, 1.54) is 6.07 Å². The van der Waals surface area contributed by atoms with E-state index in [2.05, 4.69) is 5.32 Å². The van der Waals surface area contributed by atoms with Crippen LogP contribution in [0.2, 0.25) is 0 Å². The summed E-state index contributed by atoms with van der Waals surface area (Å²) >= 11 is 5.56. The summed E-state index contributed by atoms with van der Waals surface area (Å²) in [4.78, 5) is 13.7. The van der Waals surface area contributed by atoms with Crippen molar-refractivity contribution in [3.63, 3.8) is 0 Å². The number of alkyl halides is 1. The molecule has 1 saturated heterocycles. The summed E-state index contributed by atoms with van der Waals surface area (Å²) in [5.74, 6) is 0.195. The van der Waals surface area contributed by atoms with Gasteiger partial charge in [0.25, 0.3) is 0 Å². The molecule has 1 N–H and O–H groups in total. The molecule has 1 heterocycles. The Morgan fingerprint density at radius 1 is 1.30 bits per heavy atom. The lowest BCUT2D eigenvalue weighted by molar-refractivity contribution is -0.116. The van der Waals surface area contributed by atoms with Crippen LogP contribution < -0.4 is 10.2 Å². The minimum atomic E-state index is -0.273. The van der Waals surface area contributed by atoms with Gasteiger partial charge in [-0.25, -0.2) is 4.39 Å². The van der Waals surface area contributed by atoms with Gasteiger partial charge in [0.05, 0.1) is 5.69 Å². The van der Waals surface area contributed by atoms with Gasteiger partial charge >= 0.3 is 0 Å². The zero-order valence-corrected chi connectivity index (χ0v) is 12.3. The van der Waals surface area contributed by atoms with Crippen molar-refractivity contribution < 1.29 is 9.18 Å². The zero-order valence-electron chi connectivity index (χ0n) is 11.5. The lowest BCUT2D eigenvalue weighted by atomic mass is 10.2. The Morgan fingerprint density at radius 3 is 2.70 bits per heavy atom. The van der Waals surface area contributed by atoms with E-state index in [9.17, 15) is 9.18 Å². The second-order valence-electron chi connectivity index (χ2n) is 5.05. The van der Waals surface area contributed by atoms with Gasteiger partial charge in [-0.05, 0) is 43.9 Å². The first-order chi connectivity index (χ1) is 9.70. The fourth-order valence-electron chi connectivity index (χ4n) is 2.40. The average Bonchev–Trinajstić information content (AvgIpc) is 2.93. The Labute approximate surface area is 124 Å². The Hall–Kier alpha value is -1.29. The van der Waals surface area contributed by atoms with Crippen LogP contribution in [-0.4, -0.2) is 24.9 Å². The van der Waals surface area contributed by atoms with E-state index in [0.717, 1.165) is 38.8 Å². The molecule has 0 aromatic heterocycles. The highest BCUT2D eigenvalue weighted by atomic mass is 35.5. The highest BCUT2D eigenvalue weighted by Gasteiger charge is 2.16. The van der Waals surface area contributed by atoms with Crippen molar-refractivity contribution in [3.8, 4) is 0 Å². The minimum absolute atomic E-state index is 0.0940. The molecule has 20 heavy (non-hydrogen) atoms. The third-order valence-corrected chi connectivity index (χ3v) is 3.73. The molecule has 1 amide bonds. The van der Waals surface area contributed by atoms with Crippen LogP contribution >= 0.6 is 11.6 Å². The monoisotopic (exact) mass is 298 g/mol. The molecule has 0 saturated carbocycles. The number of hydrogen-bond acceptors (Lipinski definition) is 2. The SMILES string of the molecule is O=C(CCCCCl)Nc1ccc(N2CCCC2)c(F)c1. The van der Waals surface area contributed by atoms with Crippen molar-refractivity contribution in [1.29, 1.82) is 0 Å². The van der Waals surface area contributed by atoms with Crippen LogP contribution in [0.1, 0.15) is 32.1 Å². The van der Waals surface area contributed by atoms with Crippen molar-refractivity contribution in [2.75, 3.05) is 29.2 Å². The Balaban J connectivity index is 1.93. The maximum atomic E-state index is 14.0. The van der Waals surface area contributed by atoms with E-state index in [1.807, 2.05) is 4.90 Å². The lowest BCUT2D eigenvalue weighted by Crippen LogP contribution is -2.19. The van der Waals surface area contributed by atoms with Crippen LogP contribution in [0, 0.1) is 5.82 Å². The molecule has 1 aliphatic heterocycles. The predicted molar refractivity (Wildman–Crippen MR) is 81.0 cm³/mol. The third kappa shape index (κ3) is 4.10. The summed E-state index contributed by atoms with van der Waals surface area (Å²) < 4.78 is 14.0. The summed E-state index contributed by atoms with van der Waals surface area (Å²) in [6.45, 7) is 1.81. The van der Waals surface area contributed by atoms with Crippen LogP contribution in [-0.2, 0) is 4.79 Å². The second kappa shape index (κ2) is 7.48. The second-order valence-corrected chi connectivity index (χ2v) is 5.43. The zero-order chi connectivity index (χ0) is 14.4. The van der Waals surface area contributed by atoms with E-state index in [4.69, 9.17) is 11.6 Å². The number of halogens is 2. The molecule has 1 aromatic rings. The number of amides is 1. The summed E-state index contributed by atoms with van der Waals surface area (Å²) in [5, 5.41) is 2.72. The first kappa shape index (κ1) is 15.1. The summed E-state index contributed by atoms with van der Waals surface area (Å²) in [6.07, 6.45) is 4.21. The maximum Gasteiger partial charge on any atom is 0.224 e. The Morgan fingerprint density at radius 2 is 2.05 bits per heavy atom. The molecular weight excluding hydrogens is 279 g/mol. The van der Waals surface area contributed by atoms with E-state index >= 15 is 0 Å². The fourth-order valence-corrected chi connectivity index (χ4v) is 2.59. The van der Waals surface area contributed by atoms with E-state index in [0.29, 0.717) is 23.7 Å². The van der Waals surface area contributed by atoms with Gasteiger partial charge in [0.15, 0.2) is 0 Å². The third-order valence-electron chi connectivity index (χ3n) is 3.47. The molecule has 0 bridgehead atoms. The quantitative estimate of drug-likeness (QED) is 0.640. The predicted octanol–water partition coefficient (Wildman–Crippen LogP) is 3.77. The number of rotatable bonds is 6. The topological polar surface area (TPSA) is 32.3 Å². The van der Waals surface area contributed by atoms with Crippen LogP contribution in [0.5, 0.6) is 0 Å². The van der Waals surface area contributed by atoms with Crippen LogP contribution in [0.4, 0.5) is 15.8 Å². The number of unbranched alkanes of at least 4 members (excludes halogenated alkanes) is 1. The van der Waals surface area contributed by atoms with Crippen LogP contribution in [0.3, 0.4) is 0 Å². The Bertz CT molecular complexity index is 461. The molecule has 2 rings (SSSR count). The van der Waals surface area contributed by atoms with E-state index < -0.39 is 0 Å². The number of carbonyl (C=O) groups is 1. The van der Waals surface area contributed by atoms with E-state index in [1.54, 1.807) is 12.1 Å². The van der Waals surface area contributed by atoms with Crippen LogP contribution in [0.15, 0.2) is 18.2 Å². The standard InChI is InChI=1S/C15H20ClFN2O/c16-8-2-1-5-15(20)18-12-6-7-14(13(17)11-12)19-9-3-4-10-19/h6-7,11H,1-5,8-10H2,(H,18,20). The molecule has 1 fully saturated rings. The lowest BCUT2D eigenvalue weighted by Gasteiger charge is -2.18. The van der Waals surface area contributed by atoms with Crippen molar-refractivity contribution >= 4 is 28.9 Å². The minimum Gasteiger partial charge on any atom is -0.369 e. The molecular formula is C15H20ClFN2O. The summed E-state index contributed by atoms with van der Waals surface area (Å²) in [7, 11) is 0. The molecule has 0 aliphatic carbocycles. The highest BCUT2D eigenvalue weighted by molar-refractivity contribution is 6.17. The molecule has 3 nitrogen and oxygen atoms in total. The molecule has 0 radical (unpaired) electrons. The number of nitrogens with one attached hydrogen (secondary N) is 1. The molecule has 1 aromatic carbocycles. The smallest absolute Gasteiger partial charge is 0.224 e. The number of anilines is 2. The molecule has 0 unspecified atom stereocenters. The van der Waals surface area contributed by atoms with Gasteiger partial charge in [0, 0.05) is 31.1 Å². The van der Waals surface area contributed by atoms with Gasteiger partial charge in [-0.1, -0.05) is 0 Å². The van der Waals surface area contributed by atoms with Gasteiger partial charge in [-0.3, -0.25) is 4.79 Å². The van der Waals surface area contributed by atoms with Crippen molar-refractivity contribution in [2.24, 2.45) is 0 Å². The van der Waals surface area contributed by atoms with Crippen LogP contribution in [0.25, 0.3) is 0 Å². The fraction of sp³-hybridized carbons (Fsp3) is 0.533. The molecule has 1 aliphatic rings. The largest absolute Gasteiger partial charge is 0.369 e. The van der Waals surface area contributed by atoms with Crippen molar-refractivity contribution in [1.82, 2.24) is 0 Å². The molecule has 0 atom stereocenters. The summed E-state index contributed by atoms with van der Waals surface area (Å²) in [6, 6.07) is 4.90. The maximum absolute atomic E-state index is 14.0. The van der Waals surface area contributed by atoms with Gasteiger partial charge in [0.1, 0.15) is 5.82 Å². The normalized spacial score (nSPS) is 14.6. The molecule has 0 spiro atoms. The van der Waals surface area contributed by atoms with Gasteiger partial charge in [0.2, 0.25) is 5.91 Å². The van der Waals surface area contributed by atoms with Gasteiger partial charge in [-0.2, -0.15) is 0 Å². The van der Waals surface area contributed by atoms with Gasteiger partial charge in [-0.15, -0.1) is 11.6 Å². The number of nitrogens with zero attached hydrogens (tertiary/aromatic N) is 1. The molecule has 110 valence electrons. The number of hydrogen-bond donors (Lipinski definition) is 1. The molecule has 5 heteroatoms. The first-order valence-corrected chi connectivity index (χ1v) is 7.64.